The summed E-state index contributed by atoms with van der Waals surface area (Å²) in [7, 11) is 0. The molecule has 1 saturated heterocycles. The fourth-order valence-corrected chi connectivity index (χ4v) is 4.34. The van der Waals surface area contributed by atoms with Gasteiger partial charge in [-0.25, -0.2) is 0 Å². The quantitative estimate of drug-likeness (QED) is 0.494. The van der Waals surface area contributed by atoms with Crippen molar-refractivity contribution in [2.24, 2.45) is 0 Å². The molecule has 0 saturated carbocycles. The van der Waals surface area contributed by atoms with Gasteiger partial charge in [-0.05, 0) is 29.7 Å². The fraction of sp³-hybridized carbons (Fsp3) is 0.321. The van der Waals surface area contributed by atoms with Crippen LogP contribution in [0.5, 0.6) is 0 Å². The van der Waals surface area contributed by atoms with Crippen LogP contribution in [0.3, 0.4) is 0 Å². The van der Waals surface area contributed by atoms with Crippen molar-refractivity contribution < 1.29 is 9.59 Å². The maximum Gasteiger partial charge on any atom is 0.309 e. The van der Waals surface area contributed by atoms with Gasteiger partial charge in [0.05, 0.1) is 6.04 Å². The maximum absolute atomic E-state index is 12.5. The van der Waals surface area contributed by atoms with E-state index < -0.39 is 11.8 Å². The first-order valence-electron chi connectivity index (χ1n) is 12.1. The second kappa shape index (κ2) is 12.2. The van der Waals surface area contributed by atoms with Crippen molar-refractivity contribution >= 4 is 11.8 Å². The number of benzene rings is 2. The molecule has 2 aromatic carbocycles. The zero-order chi connectivity index (χ0) is 24.5. The Balaban J connectivity index is 1.31. The van der Waals surface area contributed by atoms with Crippen LogP contribution >= 0.6 is 0 Å². The molecule has 1 atom stereocenters. The lowest BCUT2D eigenvalue weighted by Crippen LogP contribution is -2.50. The fourth-order valence-electron chi connectivity index (χ4n) is 4.34. The Morgan fingerprint density at radius 2 is 1.57 bits per heavy atom. The zero-order valence-corrected chi connectivity index (χ0v) is 20.2. The van der Waals surface area contributed by atoms with Gasteiger partial charge < -0.3 is 10.6 Å². The second-order valence-corrected chi connectivity index (χ2v) is 8.98. The Labute approximate surface area is 207 Å². The van der Waals surface area contributed by atoms with Gasteiger partial charge in [-0.3, -0.25) is 24.4 Å². The van der Waals surface area contributed by atoms with Crippen LogP contribution in [0.15, 0.2) is 79.1 Å². The van der Waals surface area contributed by atoms with Crippen molar-refractivity contribution in [2.75, 3.05) is 32.7 Å². The smallest absolute Gasteiger partial charge is 0.309 e. The van der Waals surface area contributed by atoms with Gasteiger partial charge in [0.2, 0.25) is 0 Å². The third-order valence-corrected chi connectivity index (χ3v) is 6.40. The molecule has 1 aliphatic rings. The number of hydrogen-bond acceptors (Lipinski definition) is 5. The van der Waals surface area contributed by atoms with Crippen LogP contribution in [0.4, 0.5) is 0 Å². The van der Waals surface area contributed by atoms with Crippen LogP contribution in [-0.2, 0) is 22.7 Å². The van der Waals surface area contributed by atoms with Gasteiger partial charge in [0.25, 0.3) is 0 Å². The van der Waals surface area contributed by atoms with Crippen LogP contribution in [0, 0.1) is 6.92 Å². The number of aryl methyl sites for hydroxylation is 1. The molecule has 0 unspecified atom stereocenters. The van der Waals surface area contributed by atoms with E-state index in [1.807, 2.05) is 55.6 Å². The number of rotatable bonds is 8. The van der Waals surface area contributed by atoms with Crippen molar-refractivity contribution in [2.45, 2.75) is 26.1 Å². The lowest BCUT2D eigenvalue weighted by Gasteiger charge is -2.39. The van der Waals surface area contributed by atoms with Crippen molar-refractivity contribution in [1.29, 1.82) is 0 Å². The average molecular weight is 472 g/mol. The van der Waals surface area contributed by atoms with Crippen molar-refractivity contribution in [1.82, 2.24) is 25.4 Å². The highest BCUT2D eigenvalue weighted by atomic mass is 16.2. The molecular formula is C28H33N5O2. The molecule has 0 spiro atoms. The predicted molar refractivity (Wildman–Crippen MR) is 136 cm³/mol. The molecule has 182 valence electrons. The van der Waals surface area contributed by atoms with E-state index in [4.69, 9.17) is 0 Å². The summed E-state index contributed by atoms with van der Waals surface area (Å²) in [5.41, 5.74) is 4.46. The van der Waals surface area contributed by atoms with Gasteiger partial charge in [0, 0.05) is 58.2 Å². The summed E-state index contributed by atoms with van der Waals surface area (Å²) >= 11 is 0. The van der Waals surface area contributed by atoms with E-state index in [1.165, 1.54) is 5.56 Å². The highest BCUT2D eigenvalue weighted by Gasteiger charge is 2.26. The molecule has 4 rings (SSSR count). The Hall–Kier alpha value is -3.55. The molecule has 0 bridgehead atoms. The summed E-state index contributed by atoms with van der Waals surface area (Å²) in [6.45, 7) is 7.25. The standard InChI is InChI=1S/C28H33N5O2/c1-22-9-11-23(12-10-22)18-30-27(34)28(35)31-20-26(25-8-5-13-29-19-25)33-16-14-32(15-17-33)21-24-6-3-2-4-7-24/h2-13,19,26H,14-18,20-21H2,1H3,(H,30,34)(H,31,35)/t26-/m1/s1. The molecule has 35 heavy (non-hydrogen) atoms. The Morgan fingerprint density at radius 3 is 2.26 bits per heavy atom. The SMILES string of the molecule is Cc1ccc(CNC(=O)C(=O)NC[C@H](c2cccnc2)N2CCN(Cc3ccccc3)CC2)cc1. The lowest BCUT2D eigenvalue weighted by atomic mass is 10.1. The van der Waals surface area contributed by atoms with Crippen LogP contribution in [-0.4, -0.2) is 59.3 Å². The van der Waals surface area contributed by atoms with Crippen molar-refractivity contribution in [3.05, 3.63) is 101 Å². The average Bonchev–Trinajstić information content (AvgIpc) is 2.90. The highest BCUT2D eigenvalue weighted by molar-refractivity contribution is 6.35. The zero-order valence-electron chi connectivity index (χ0n) is 20.2. The van der Waals surface area contributed by atoms with Gasteiger partial charge in [0.1, 0.15) is 0 Å². The van der Waals surface area contributed by atoms with Gasteiger partial charge in [-0.1, -0.05) is 66.2 Å². The van der Waals surface area contributed by atoms with Crippen LogP contribution < -0.4 is 10.6 Å². The van der Waals surface area contributed by atoms with E-state index >= 15 is 0 Å². The second-order valence-electron chi connectivity index (χ2n) is 8.98. The minimum Gasteiger partial charge on any atom is -0.346 e. The number of aromatic nitrogens is 1. The van der Waals surface area contributed by atoms with Gasteiger partial charge >= 0.3 is 11.8 Å². The molecule has 7 heteroatoms. The number of pyridine rings is 1. The summed E-state index contributed by atoms with van der Waals surface area (Å²) in [5.74, 6) is -1.24. The minimum absolute atomic E-state index is 0.0450. The summed E-state index contributed by atoms with van der Waals surface area (Å²) in [5, 5.41) is 5.55. The number of carbonyl (C=O) groups is 2. The molecule has 0 aliphatic carbocycles. The number of hydrogen-bond donors (Lipinski definition) is 2. The molecule has 3 aromatic rings. The molecular weight excluding hydrogens is 438 g/mol. The molecule has 2 heterocycles. The number of amides is 2. The number of piperazine rings is 1. The normalized spacial score (nSPS) is 15.3. The topological polar surface area (TPSA) is 77.6 Å². The molecule has 2 amide bonds. The van der Waals surface area contributed by atoms with Crippen LogP contribution in [0.2, 0.25) is 0 Å². The van der Waals surface area contributed by atoms with Gasteiger partial charge in [-0.2, -0.15) is 0 Å². The first-order valence-corrected chi connectivity index (χ1v) is 12.1. The van der Waals surface area contributed by atoms with Crippen LogP contribution in [0.25, 0.3) is 0 Å². The summed E-state index contributed by atoms with van der Waals surface area (Å²) in [6.07, 6.45) is 3.58. The molecule has 0 radical (unpaired) electrons. The van der Waals surface area contributed by atoms with E-state index in [-0.39, 0.29) is 6.04 Å². The highest BCUT2D eigenvalue weighted by Crippen LogP contribution is 2.21. The number of nitrogens with zero attached hydrogens (tertiary/aromatic N) is 3. The first kappa shape index (κ1) is 24.6. The summed E-state index contributed by atoms with van der Waals surface area (Å²) < 4.78 is 0. The van der Waals surface area contributed by atoms with Crippen molar-refractivity contribution in [3.63, 3.8) is 0 Å². The van der Waals surface area contributed by atoms with E-state index in [1.54, 1.807) is 6.20 Å². The van der Waals surface area contributed by atoms with E-state index in [2.05, 4.69) is 49.7 Å². The monoisotopic (exact) mass is 471 g/mol. The number of nitrogens with one attached hydrogen (secondary N) is 2. The Bertz CT molecular complexity index is 1080. The van der Waals surface area contributed by atoms with E-state index in [9.17, 15) is 9.59 Å². The van der Waals surface area contributed by atoms with E-state index in [0.717, 1.165) is 49.4 Å². The Kier molecular flexibility index (Phi) is 8.59. The summed E-state index contributed by atoms with van der Waals surface area (Å²) in [6, 6.07) is 22.3. The number of carbonyl (C=O) groups excluding carboxylic acids is 2. The van der Waals surface area contributed by atoms with Gasteiger partial charge in [-0.15, -0.1) is 0 Å². The van der Waals surface area contributed by atoms with Crippen molar-refractivity contribution in [3.8, 4) is 0 Å². The molecule has 1 aromatic heterocycles. The third kappa shape index (κ3) is 7.21. The molecule has 1 fully saturated rings. The largest absolute Gasteiger partial charge is 0.346 e. The maximum atomic E-state index is 12.5. The Morgan fingerprint density at radius 1 is 0.857 bits per heavy atom. The summed E-state index contributed by atoms with van der Waals surface area (Å²) in [4.78, 5) is 34.0. The molecule has 7 nitrogen and oxygen atoms in total. The predicted octanol–water partition coefficient (Wildman–Crippen LogP) is 2.68. The minimum atomic E-state index is -0.622. The lowest BCUT2D eigenvalue weighted by molar-refractivity contribution is -0.139. The van der Waals surface area contributed by atoms with Gasteiger partial charge in [0.15, 0.2) is 0 Å². The molecule has 2 N–H and O–H groups in total. The molecule has 1 aliphatic heterocycles. The van der Waals surface area contributed by atoms with Crippen LogP contribution in [0.1, 0.15) is 28.3 Å². The van der Waals surface area contributed by atoms with E-state index in [0.29, 0.717) is 13.1 Å². The first-order chi connectivity index (χ1) is 17.1. The third-order valence-electron chi connectivity index (χ3n) is 6.40.